The highest BCUT2D eigenvalue weighted by Gasteiger charge is 2.73. The number of ether oxygens (including phenoxy) is 2. The quantitative estimate of drug-likeness (QED) is 0.159. The Balaban J connectivity index is 2.66. The van der Waals surface area contributed by atoms with Gasteiger partial charge in [-0.05, 0) is 42.2 Å². The van der Waals surface area contributed by atoms with Crippen molar-refractivity contribution in [3.8, 4) is 0 Å². The summed E-state index contributed by atoms with van der Waals surface area (Å²) in [5.41, 5.74) is -8.53. The van der Waals surface area contributed by atoms with E-state index < -0.39 is 52.0 Å². The monoisotopic (exact) mass is 532 g/mol. The van der Waals surface area contributed by atoms with E-state index >= 15 is 0 Å². The van der Waals surface area contributed by atoms with Crippen LogP contribution >= 0.6 is 0 Å². The molecule has 0 aliphatic heterocycles. The lowest BCUT2D eigenvalue weighted by Gasteiger charge is -2.39. The molecule has 37 heavy (non-hydrogen) atoms. The van der Waals surface area contributed by atoms with Crippen molar-refractivity contribution in [3.63, 3.8) is 0 Å². The number of hydrogen-bond acceptors (Lipinski definition) is 4. The average molecular weight is 533 g/mol. The van der Waals surface area contributed by atoms with E-state index in [0.717, 1.165) is 49.6 Å². The molecule has 0 amide bonds. The first-order valence-corrected chi connectivity index (χ1v) is 12.1. The number of carbonyl (C=O) groups is 2. The molecule has 0 saturated carbocycles. The van der Waals surface area contributed by atoms with Crippen molar-refractivity contribution in [2.24, 2.45) is 0 Å². The Kier molecular flexibility index (Phi) is 10.6. The van der Waals surface area contributed by atoms with Crippen molar-refractivity contribution in [2.75, 3.05) is 13.2 Å². The van der Waals surface area contributed by atoms with Crippen LogP contribution in [0.1, 0.15) is 84.2 Å². The van der Waals surface area contributed by atoms with Crippen LogP contribution in [0, 0.1) is 0 Å². The van der Waals surface area contributed by atoms with Crippen molar-refractivity contribution in [2.45, 2.75) is 70.1 Å². The molecule has 204 valence electrons. The molecule has 0 saturated heterocycles. The topological polar surface area (TPSA) is 52.6 Å². The Morgan fingerprint density at radius 1 is 0.703 bits per heavy atom. The molecule has 0 N–H and O–H groups in total. The zero-order valence-corrected chi connectivity index (χ0v) is 20.7. The molecule has 0 spiro atoms. The van der Waals surface area contributed by atoms with Crippen LogP contribution in [0.3, 0.4) is 0 Å². The Labute approximate surface area is 212 Å². The van der Waals surface area contributed by atoms with Crippen LogP contribution in [-0.2, 0) is 14.9 Å². The molecule has 0 atom stereocenters. The molecule has 0 radical (unpaired) electrons. The predicted molar refractivity (Wildman–Crippen MR) is 125 cm³/mol. The molecule has 10 heteroatoms. The molecule has 0 fully saturated rings. The van der Waals surface area contributed by atoms with Crippen LogP contribution in [0.2, 0.25) is 0 Å². The molecule has 0 aliphatic rings. The maximum atomic E-state index is 14.7. The third-order valence-corrected chi connectivity index (χ3v) is 5.89. The van der Waals surface area contributed by atoms with Crippen molar-refractivity contribution >= 4 is 11.9 Å². The number of alkyl halides is 6. The fourth-order valence-corrected chi connectivity index (χ4v) is 4.01. The van der Waals surface area contributed by atoms with Gasteiger partial charge in [-0.25, -0.2) is 9.59 Å². The van der Waals surface area contributed by atoms with E-state index in [1.54, 1.807) is 0 Å². The number of unbranched alkanes of at least 4 members (excludes halogenated alkanes) is 4. The zero-order chi connectivity index (χ0) is 27.7. The van der Waals surface area contributed by atoms with Gasteiger partial charge in [-0.15, -0.1) is 0 Å². The van der Waals surface area contributed by atoms with Gasteiger partial charge < -0.3 is 9.47 Å². The van der Waals surface area contributed by atoms with Crippen molar-refractivity contribution in [1.82, 2.24) is 0 Å². The number of carbonyl (C=O) groups excluding carboxylic acids is 2. The number of esters is 2. The first-order chi connectivity index (χ1) is 17.4. The second-order valence-electron chi connectivity index (χ2n) is 8.56. The maximum absolute atomic E-state index is 14.7. The molecule has 2 aromatic rings. The minimum absolute atomic E-state index is 0.0205. The van der Waals surface area contributed by atoms with Crippen LogP contribution in [0.25, 0.3) is 0 Å². The molecular weight excluding hydrogens is 502 g/mol. The predicted octanol–water partition coefficient (Wildman–Crippen LogP) is 7.79. The molecule has 2 aromatic carbocycles. The average Bonchev–Trinajstić information content (AvgIpc) is 2.83. The summed E-state index contributed by atoms with van der Waals surface area (Å²) in [6, 6.07) is 6.79. The largest absolute Gasteiger partial charge is 0.462 e. The Morgan fingerprint density at radius 3 is 1.78 bits per heavy atom. The minimum atomic E-state index is -5.94. The van der Waals surface area contributed by atoms with Gasteiger partial charge in [-0.3, -0.25) is 0 Å². The van der Waals surface area contributed by atoms with Gasteiger partial charge in [-0.1, -0.05) is 69.9 Å². The number of benzene rings is 2. The smallest absolute Gasteiger partial charge is 0.411 e. The van der Waals surface area contributed by atoms with Gasteiger partial charge in [0, 0.05) is 0 Å². The number of hydrogen-bond donors (Lipinski definition) is 0. The second-order valence-corrected chi connectivity index (χ2v) is 8.56. The zero-order valence-electron chi connectivity index (χ0n) is 20.7. The van der Waals surface area contributed by atoms with Crippen molar-refractivity contribution in [3.05, 3.63) is 70.8 Å². The second kappa shape index (κ2) is 13.0. The van der Waals surface area contributed by atoms with Crippen molar-refractivity contribution in [1.29, 1.82) is 0 Å². The summed E-state index contributed by atoms with van der Waals surface area (Å²) in [6.07, 6.45) is -7.94. The number of rotatable bonds is 12. The molecule has 0 aromatic heterocycles. The first kappa shape index (κ1) is 30.2. The summed E-state index contributed by atoms with van der Waals surface area (Å²) in [5.74, 6) is -2.34. The third kappa shape index (κ3) is 6.84. The molecular formula is C27H30F6O4. The fraction of sp³-hybridized carbons (Fsp3) is 0.481. The fourth-order valence-electron chi connectivity index (χ4n) is 4.01. The summed E-state index contributed by atoms with van der Waals surface area (Å²) < 4.78 is 98.1. The normalized spacial score (nSPS) is 12.3. The lowest BCUT2D eigenvalue weighted by atomic mass is 9.71. The Hall–Kier alpha value is -3.04. The molecule has 0 bridgehead atoms. The standard InChI is InChI=1S/C27H30F6O4/c1-3-5-9-16-36-23(34)19-12-11-13-20(18-19)25(26(28,29)30,27(31,32)33)22-15-8-7-14-21(22)24(35)37-17-10-6-4-2/h7-8,11-15,18H,3-6,9-10,16-17H2,1-2H3. The summed E-state index contributed by atoms with van der Waals surface area (Å²) in [4.78, 5) is 25.1. The van der Waals surface area contributed by atoms with Gasteiger partial charge in [0.25, 0.3) is 0 Å². The molecule has 0 unspecified atom stereocenters. The van der Waals surface area contributed by atoms with Gasteiger partial charge >= 0.3 is 24.3 Å². The molecule has 4 nitrogen and oxygen atoms in total. The molecule has 2 rings (SSSR count). The molecule has 0 heterocycles. The summed E-state index contributed by atoms with van der Waals surface area (Å²) in [7, 11) is 0. The van der Waals surface area contributed by atoms with Gasteiger partial charge in [-0.2, -0.15) is 26.3 Å². The molecule has 0 aliphatic carbocycles. The van der Waals surface area contributed by atoms with E-state index in [1.807, 2.05) is 13.8 Å². The van der Waals surface area contributed by atoms with Gasteiger partial charge in [0.05, 0.1) is 24.3 Å². The van der Waals surface area contributed by atoms with Crippen LogP contribution < -0.4 is 0 Å². The van der Waals surface area contributed by atoms with Crippen LogP contribution in [0.4, 0.5) is 26.3 Å². The van der Waals surface area contributed by atoms with E-state index in [4.69, 9.17) is 9.47 Å². The highest BCUT2D eigenvalue weighted by molar-refractivity contribution is 5.92. The van der Waals surface area contributed by atoms with Crippen LogP contribution in [0.5, 0.6) is 0 Å². The van der Waals surface area contributed by atoms with Crippen LogP contribution in [0.15, 0.2) is 48.5 Å². The first-order valence-electron chi connectivity index (χ1n) is 12.1. The van der Waals surface area contributed by atoms with Crippen LogP contribution in [-0.4, -0.2) is 37.5 Å². The van der Waals surface area contributed by atoms with E-state index in [1.165, 1.54) is 0 Å². The summed E-state index contributed by atoms with van der Waals surface area (Å²) >= 11 is 0. The van der Waals surface area contributed by atoms with E-state index in [-0.39, 0.29) is 13.2 Å². The lowest BCUT2D eigenvalue weighted by Crippen LogP contribution is -2.55. The van der Waals surface area contributed by atoms with Crippen molar-refractivity contribution < 1.29 is 45.4 Å². The van der Waals surface area contributed by atoms with Gasteiger partial charge in [0.2, 0.25) is 5.41 Å². The van der Waals surface area contributed by atoms with Gasteiger partial charge in [0.15, 0.2) is 0 Å². The summed E-state index contributed by atoms with van der Waals surface area (Å²) in [5, 5.41) is 0. The van der Waals surface area contributed by atoms with E-state index in [0.29, 0.717) is 37.5 Å². The minimum Gasteiger partial charge on any atom is -0.462 e. The van der Waals surface area contributed by atoms with E-state index in [9.17, 15) is 35.9 Å². The SMILES string of the molecule is CCCCCOC(=O)c1cccc(C(c2ccccc2C(=O)OCCCCC)(C(F)(F)F)C(F)(F)F)c1. The maximum Gasteiger partial charge on any atom is 0.411 e. The highest BCUT2D eigenvalue weighted by Crippen LogP contribution is 2.57. The lowest BCUT2D eigenvalue weighted by molar-refractivity contribution is -0.288. The summed E-state index contributed by atoms with van der Waals surface area (Å²) in [6.45, 7) is 3.63. The van der Waals surface area contributed by atoms with E-state index in [2.05, 4.69) is 0 Å². The Morgan fingerprint density at radius 2 is 1.24 bits per heavy atom. The Bertz CT molecular complexity index is 1030. The third-order valence-electron chi connectivity index (χ3n) is 5.89. The highest BCUT2D eigenvalue weighted by atomic mass is 19.4. The number of halogens is 6. The van der Waals surface area contributed by atoms with Gasteiger partial charge in [0.1, 0.15) is 0 Å².